The van der Waals surface area contributed by atoms with Crippen molar-refractivity contribution in [3.8, 4) is 0 Å². The molecule has 0 aliphatic carbocycles. The van der Waals surface area contributed by atoms with Gasteiger partial charge >= 0.3 is 0 Å². The first-order valence-electron chi connectivity index (χ1n) is 13.6. The average molecular weight is 529 g/mol. The Kier molecular flexibility index (Phi) is 7.34. The molecule has 0 saturated heterocycles. The van der Waals surface area contributed by atoms with Crippen LogP contribution in [0, 0.1) is 0 Å². The molecule has 0 bridgehead atoms. The summed E-state index contributed by atoms with van der Waals surface area (Å²) in [4.78, 5) is 56.7. The number of amides is 4. The van der Waals surface area contributed by atoms with Crippen molar-refractivity contribution >= 4 is 40.1 Å². The van der Waals surface area contributed by atoms with Crippen molar-refractivity contribution in [3.05, 3.63) is 75.8 Å². The molecule has 39 heavy (non-hydrogen) atoms. The van der Waals surface area contributed by atoms with E-state index >= 15 is 0 Å². The molecule has 0 saturated carbocycles. The van der Waals surface area contributed by atoms with Gasteiger partial charge in [0, 0.05) is 33.0 Å². The lowest BCUT2D eigenvalue weighted by Gasteiger charge is -2.34. The second-order valence-electron chi connectivity index (χ2n) is 10.2. The summed E-state index contributed by atoms with van der Waals surface area (Å²) in [6.07, 6.45) is 5.48. The van der Waals surface area contributed by atoms with Crippen LogP contribution in [-0.2, 0) is 12.8 Å². The van der Waals surface area contributed by atoms with Gasteiger partial charge in [0.1, 0.15) is 0 Å². The number of hydrogen-bond acceptors (Lipinski definition) is 6. The molecule has 0 unspecified atom stereocenters. The minimum atomic E-state index is -1.10. The molecule has 2 aliphatic heterocycles. The molecule has 0 aromatic heterocycles. The Balaban J connectivity index is 1.66. The van der Waals surface area contributed by atoms with Crippen LogP contribution < -0.4 is 4.90 Å². The summed E-state index contributed by atoms with van der Waals surface area (Å²) in [6.45, 7) is 3.03. The largest absolute Gasteiger partial charge is 0.394 e. The fraction of sp³-hybridized carbons (Fsp3) is 0.355. The second kappa shape index (κ2) is 10.7. The summed E-state index contributed by atoms with van der Waals surface area (Å²) in [5, 5.41) is 19.8. The van der Waals surface area contributed by atoms with Crippen LogP contribution in [0.5, 0.6) is 0 Å². The SMILES string of the molecule is CCCCc1ccc(CCCC)c(N2C(=O)c3ccc4c5c(ccc(c35)C2=O)C(=O)N(C(CO)CO)C4=O)c1. The maximum Gasteiger partial charge on any atom is 0.265 e. The molecule has 8 heteroatoms. The first kappa shape index (κ1) is 26.7. The fourth-order valence-electron chi connectivity index (χ4n) is 5.60. The third-order valence-corrected chi connectivity index (χ3v) is 7.72. The second-order valence-corrected chi connectivity index (χ2v) is 10.2. The minimum Gasteiger partial charge on any atom is -0.394 e. The van der Waals surface area contributed by atoms with E-state index in [4.69, 9.17) is 0 Å². The number of imide groups is 2. The monoisotopic (exact) mass is 528 g/mol. The zero-order valence-electron chi connectivity index (χ0n) is 22.2. The van der Waals surface area contributed by atoms with Gasteiger partial charge in [0.15, 0.2) is 0 Å². The number of nitrogens with zero attached hydrogens (tertiary/aromatic N) is 2. The van der Waals surface area contributed by atoms with Gasteiger partial charge in [-0.3, -0.25) is 24.1 Å². The maximum atomic E-state index is 14.0. The number of aliphatic hydroxyl groups is 2. The van der Waals surface area contributed by atoms with Gasteiger partial charge < -0.3 is 10.2 Å². The highest BCUT2D eigenvalue weighted by Crippen LogP contribution is 2.40. The number of aryl methyl sites for hydroxylation is 2. The Bertz CT molecular complexity index is 1440. The van der Waals surface area contributed by atoms with Gasteiger partial charge in [0.05, 0.1) is 24.9 Å². The zero-order chi connectivity index (χ0) is 27.8. The molecule has 5 rings (SSSR count). The molecule has 2 heterocycles. The standard InChI is InChI=1S/C31H32N2O6/c1-3-5-7-18-9-10-19(8-6-4-2)25(15-18)33-30(38)23-13-11-21-26-22(12-14-24(27(23)26)31(33)39)29(37)32(28(21)36)20(16-34)17-35/h9-15,20,34-35H,3-8,16-17H2,1-2H3. The van der Waals surface area contributed by atoms with Gasteiger partial charge in [-0.1, -0.05) is 38.8 Å². The summed E-state index contributed by atoms with van der Waals surface area (Å²) in [7, 11) is 0. The third kappa shape index (κ3) is 4.24. The van der Waals surface area contributed by atoms with E-state index in [2.05, 4.69) is 19.9 Å². The maximum absolute atomic E-state index is 14.0. The molecular formula is C31H32N2O6. The van der Waals surface area contributed by atoms with E-state index in [0.29, 0.717) is 11.1 Å². The first-order chi connectivity index (χ1) is 18.9. The molecule has 0 fully saturated rings. The molecule has 202 valence electrons. The lowest BCUT2D eigenvalue weighted by molar-refractivity contribution is 0.0374. The number of carbonyl (C=O) groups is 4. The Morgan fingerprint density at radius 2 is 1.15 bits per heavy atom. The lowest BCUT2D eigenvalue weighted by atomic mass is 9.85. The lowest BCUT2D eigenvalue weighted by Crippen LogP contribution is -2.50. The molecule has 4 amide bonds. The molecule has 3 aromatic rings. The Morgan fingerprint density at radius 1 is 0.667 bits per heavy atom. The Labute approximate surface area is 226 Å². The number of hydrogen-bond donors (Lipinski definition) is 2. The van der Waals surface area contributed by atoms with Crippen molar-refractivity contribution in [2.24, 2.45) is 0 Å². The number of rotatable bonds is 10. The van der Waals surface area contributed by atoms with Gasteiger partial charge in [-0.25, -0.2) is 4.90 Å². The summed E-state index contributed by atoms with van der Waals surface area (Å²) in [5.74, 6) is -2.35. The Hall–Kier alpha value is -3.88. The van der Waals surface area contributed by atoms with Crippen LogP contribution in [-0.4, -0.2) is 58.0 Å². The van der Waals surface area contributed by atoms with Gasteiger partial charge in [0.2, 0.25) is 0 Å². The van der Waals surface area contributed by atoms with Gasteiger partial charge in [-0.2, -0.15) is 0 Å². The highest BCUT2D eigenvalue weighted by molar-refractivity contribution is 6.39. The van der Waals surface area contributed by atoms with E-state index in [-0.39, 0.29) is 27.6 Å². The highest BCUT2D eigenvalue weighted by Gasteiger charge is 2.42. The van der Waals surface area contributed by atoms with Crippen molar-refractivity contribution in [1.82, 2.24) is 4.90 Å². The van der Waals surface area contributed by atoms with Gasteiger partial charge in [-0.05, 0) is 67.1 Å². The molecule has 0 atom stereocenters. The normalized spacial score (nSPS) is 14.8. The van der Waals surface area contributed by atoms with E-state index in [0.717, 1.165) is 54.6 Å². The van der Waals surface area contributed by atoms with E-state index in [1.54, 1.807) is 0 Å². The Morgan fingerprint density at radius 3 is 1.64 bits per heavy atom. The predicted molar refractivity (Wildman–Crippen MR) is 147 cm³/mol. The third-order valence-electron chi connectivity index (χ3n) is 7.72. The quantitative estimate of drug-likeness (QED) is 0.380. The minimum absolute atomic E-state index is 0.149. The topological polar surface area (TPSA) is 115 Å². The van der Waals surface area contributed by atoms with Gasteiger partial charge in [0.25, 0.3) is 23.6 Å². The number of carbonyl (C=O) groups excluding carboxylic acids is 4. The van der Waals surface area contributed by atoms with Crippen LogP contribution in [0.1, 0.15) is 92.1 Å². The van der Waals surface area contributed by atoms with Crippen LogP contribution in [0.15, 0.2) is 42.5 Å². The van der Waals surface area contributed by atoms with E-state index in [1.165, 1.54) is 29.2 Å². The number of unbranched alkanes of at least 4 members (excludes halogenated alkanes) is 2. The fourth-order valence-corrected chi connectivity index (χ4v) is 5.60. The predicted octanol–water partition coefficient (Wildman–Crippen LogP) is 4.27. The smallest absolute Gasteiger partial charge is 0.265 e. The van der Waals surface area contributed by atoms with E-state index in [9.17, 15) is 29.4 Å². The summed E-state index contributed by atoms with van der Waals surface area (Å²) in [6, 6.07) is 10.9. The summed E-state index contributed by atoms with van der Waals surface area (Å²) >= 11 is 0. The van der Waals surface area contributed by atoms with Crippen molar-refractivity contribution < 1.29 is 29.4 Å². The van der Waals surface area contributed by atoms with E-state index in [1.807, 2.05) is 12.1 Å². The molecule has 8 nitrogen and oxygen atoms in total. The van der Waals surface area contributed by atoms with Crippen LogP contribution in [0.2, 0.25) is 0 Å². The molecule has 0 radical (unpaired) electrons. The molecule has 0 spiro atoms. The van der Waals surface area contributed by atoms with Crippen molar-refractivity contribution in [2.45, 2.75) is 58.4 Å². The summed E-state index contributed by atoms with van der Waals surface area (Å²) in [5.41, 5.74) is 3.36. The highest BCUT2D eigenvalue weighted by atomic mass is 16.3. The van der Waals surface area contributed by atoms with Crippen LogP contribution in [0.25, 0.3) is 10.8 Å². The van der Waals surface area contributed by atoms with Crippen molar-refractivity contribution in [1.29, 1.82) is 0 Å². The van der Waals surface area contributed by atoms with Crippen molar-refractivity contribution in [3.63, 3.8) is 0 Å². The van der Waals surface area contributed by atoms with Crippen LogP contribution >= 0.6 is 0 Å². The average Bonchev–Trinajstić information content (AvgIpc) is 2.95. The summed E-state index contributed by atoms with van der Waals surface area (Å²) < 4.78 is 0. The molecule has 3 aromatic carbocycles. The molecular weight excluding hydrogens is 496 g/mol. The first-order valence-corrected chi connectivity index (χ1v) is 13.6. The number of anilines is 1. The van der Waals surface area contributed by atoms with Gasteiger partial charge in [-0.15, -0.1) is 0 Å². The van der Waals surface area contributed by atoms with Crippen LogP contribution in [0.3, 0.4) is 0 Å². The van der Waals surface area contributed by atoms with E-state index < -0.39 is 42.9 Å². The number of aliphatic hydroxyl groups excluding tert-OH is 2. The molecule has 2 N–H and O–H groups in total. The van der Waals surface area contributed by atoms with Crippen molar-refractivity contribution in [2.75, 3.05) is 18.1 Å². The number of benzene rings is 3. The van der Waals surface area contributed by atoms with Crippen LogP contribution in [0.4, 0.5) is 5.69 Å². The zero-order valence-corrected chi connectivity index (χ0v) is 22.2. The molecule has 2 aliphatic rings.